The van der Waals surface area contributed by atoms with Gasteiger partial charge in [-0.1, -0.05) is 12.1 Å². The Labute approximate surface area is 126 Å². The molecular formula is C16H17FN2O3. The van der Waals surface area contributed by atoms with Crippen molar-refractivity contribution in [2.24, 2.45) is 0 Å². The highest BCUT2D eigenvalue weighted by atomic mass is 19.1. The summed E-state index contributed by atoms with van der Waals surface area (Å²) in [5.41, 5.74) is 0.863. The fourth-order valence-corrected chi connectivity index (χ4v) is 2.95. The number of nitrogens with one attached hydrogen (secondary N) is 1. The summed E-state index contributed by atoms with van der Waals surface area (Å²) < 4.78 is 14.1. The van der Waals surface area contributed by atoms with Crippen LogP contribution in [0.4, 0.5) is 4.39 Å². The van der Waals surface area contributed by atoms with Crippen LogP contribution in [-0.4, -0.2) is 45.6 Å². The van der Waals surface area contributed by atoms with Gasteiger partial charge >= 0.3 is 5.97 Å². The van der Waals surface area contributed by atoms with Gasteiger partial charge in [0.25, 0.3) is 5.91 Å². The van der Waals surface area contributed by atoms with Crippen molar-refractivity contribution in [3.8, 4) is 0 Å². The van der Waals surface area contributed by atoms with Crippen LogP contribution < -0.4 is 0 Å². The number of hydrogen-bond donors (Lipinski definition) is 2. The number of carboxylic acid groups (broad SMARTS) is 1. The zero-order valence-electron chi connectivity index (χ0n) is 12.4. The summed E-state index contributed by atoms with van der Waals surface area (Å²) in [7, 11) is 0. The maximum absolute atomic E-state index is 14.1. The highest BCUT2D eigenvalue weighted by Crippen LogP contribution is 2.30. The molecule has 116 valence electrons. The second-order valence-electron chi connectivity index (χ2n) is 5.85. The lowest BCUT2D eigenvalue weighted by Crippen LogP contribution is -2.39. The van der Waals surface area contributed by atoms with Crippen LogP contribution in [0.2, 0.25) is 0 Å². The first-order valence-corrected chi connectivity index (χ1v) is 7.13. The van der Waals surface area contributed by atoms with Crippen LogP contribution in [-0.2, 0) is 4.79 Å². The number of rotatable bonds is 2. The van der Waals surface area contributed by atoms with Crippen LogP contribution in [0.1, 0.15) is 28.0 Å². The SMILES string of the molecule is Cc1[nH]c2c(C(=O)N3CCC(F)(C(=O)O)C3)cccc2c1C. The number of aromatic amines is 1. The fourth-order valence-electron chi connectivity index (χ4n) is 2.95. The number of carboxylic acids is 1. The Morgan fingerprint density at radius 3 is 2.73 bits per heavy atom. The number of hydrogen-bond acceptors (Lipinski definition) is 2. The molecule has 1 aromatic heterocycles. The molecule has 0 radical (unpaired) electrons. The number of aryl methyl sites for hydroxylation is 2. The minimum absolute atomic E-state index is 0.108. The third-order valence-electron chi connectivity index (χ3n) is 4.46. The largest absolute Gasteiger partial charge is 0.479 e. The lowest BCUT2D eigenvalue weighted by molar-refractivity contribution is -0.149. The highest BCUT2D eigenvalue weighted by Gasteiger charge is 2.47. The summed E-state index contributed by atoms with van der Waals surface area (Å²) in [4.78, 5) is 28.1. The predicted octanol–water partition coefficient (Wildman–Crippen LogP) is 2.42. The van der Waals surface area contributed by atoms with Gasteiger partial charge in [0.05, 0.1) is 17.6 Å². The van der Waals surface area contributed by atoms with Gasteiger partial charge in [0, 0.05) is 24.0 Å². The van der Waals surface area contributed by atoms with Gasteiger partial charge in [-0.2, -0.15) is 0 Å². The van der Waals surface area contributed by atoms with Crippen LogP contribution in [0.15, 0.2) is 18.2 Å². The zero-order valence-corrected chi connectivity index (χ0v) is 12.4. The summed E-state index contributed by atoms with van der Waals surface area (Å²) in [6.07, 6.45) is -0.174. The van der Waals surface area contributed by atoms with E-state index in [0.717, 1.165) is 16.6 Å². The molecule has 1 atom stereocenters. The van der Waals surface area contributed by atoms with Crippen LogP contribution in [0.5, 0.6) is 0 Å². The van der Waals surface area contributed by atoms with Crippen molar-refractivity contribution in [1.82, 2.24) is 9.88 Å². The van der Waals surface area contributed by atoms with Crippen LogP contribution >= 0.6 is 0 Å². The average Bonchev–Trinajstić information content (AvgIpc) is 3.01. The lowest BCUT2D eigenvalue weighted by atomic mass is 10.1. The smallest absolute Gasteiger partial charge is 0.343 e. The first kappa shape index (κ1) is 14.6. The Morgan fingerprint density at radius 1 is 1.36 bits per heavy atom. The number of nitrogens with zero attached hydrogens (tertiary/aromatic N) is 1. The van der Waals surface area contributed by atoms with Gasteiger partial charge in [-0.25, -0.2) is 9.18 Å². The van der Waals surface area contributed by atoms with Crippen molar-refractivity contribution in [2.75, 3.05) is 13.1 Å². The van der Waals surface area contributed by atoms with E-state index in [9.17, 15) is 14.0 Å². The van der Waals surface area contributed by atoms with Crippen molar-refractivity contribution in [2.45, 2.75) is 25.9 Å². The van der Waals surface area contributed by atoms with E-state index in [1.54, 1.807) is 12.1 Å². The van der Waals surface area contributed by atoms with E-state index in [1.165, 1.54) is 4.90 Å². The molecule has 1 saturated heterocycles. The number of amides is 1. The third-order valence-corrected chi connectivity index (χ3v) is 4.46. The number of H-pyrrole nitrogens is 1. The highest BCUT2D eigenvalue weighted by molar-refractivity contribution is 6.07. The average molecular weight is 304 g/mol. The lowest BCUT2D eigenvalue weighted by Gasteiger charge is -2.18. The molecule has 1 aliphatic heterocycles. The van der Waals surface area contributed by atoms with E-state index in [0.29, 0.717) is 11.1 Å². The molecule has 2 N–H and O–H groups in total. The minimum Gasteiger partial charge on any atom is -0.479 e. The van der Waals surface area contributed by atoms with Crippen LogP contribution in [0.25, 0.3) is 10.9 Å². The second-order valence-corrected chi connectivity index (χ2v) is 5.85. The summed E-state index contributed by atoms with van der Waals surface area (Å²) in [5.74, 6) is -1.85. The molecule has 22 heavy (non-hydrogen) atoms. The minimum atomic E-state index is -2.34. The molecule has 2 heterocycles. The van der Waals surface area contributed by atoms with E-state index in [4.69, 9.17) is 5.11 Å². The van der Waals surface area contributed by atoms with Crippen molar-refractivity contribution in [1.29, 1.82) is 0 Å². The van der Waals surface area contributed by atoms with Gasteiger partial charge in [-0.15, -0.1) is 0 Å². The van der Waals surface area contributed by atoms with E-state index < -0.39 is 18.2 Å². The Balaban J connectivity index is 1.97. The molecule has 1 amide bonds. The van der Waals surface area contributed by atoms with Gasteiger partial charge in [-0.3, -0.25) is 4.79 Å². The fraction of sp³-hybridized carbons (Fsp3) is 0.375. The van der Waals surface area contributed by atoms with E-state index >= 15 is 0 Å². The summed E-state index contributed by atoms with van der Waals surface area (Å²) in [5, 5.41) is 9.89. The summed E-state index contributed by atoms with van der Waals surface area (Å²) in [6, 6.07) is 5.39. The number of fused-ring (bicyclic) bond motifs is 1. The Hall–Kier alpha value is -2.37. The number of aromatic nitrogens is 1. The molecule has 1 aromatic carbocycles. The number of para-hydroxylation sites is 1. The topological polar surface area (TPSA) is 73.4 Å². The first-order valence-electron chi connectivity index (χ1n) is 7.13. The number of carbonyl (C=O) groups excluding carboxylic acids is 1. The molecule has 0 aliphatic carbocycles. The number of benzene rings is 1. The Kier molecular flexibility index (Phi) is 3.20. The van der Waals surface area contributed by atoms with Crippen molar-refractivity contribution in [3.63, 3.8) is 0 Å². The van der Waals surface area contributed by atoms with Crippen molar-refractivity contribution < 1.29 is 19.1 Å². The van der Waals surface area contributed by atoms with Crippen molar-refractivity contribution in [3.05, 3.63) is 35.0 Å². The first-order chi connectivity index (χ1) is 10.3. The Bertz CT molecular complexity index is 783. The third kappa shape index (κ3) is 2.06. The molecule has 1 fully saturated rings. The quantitative estimate of drug-likeness (QED) is 0.895. The molecule has 1 unspecified atom stereocenters. The molecule has 3 rings (SSSR count). The number of likely N-dealkylation sites (tertiary alicyclic amines) is 1. The number of alkyl halides is 1. The standard InChI is InChI=1S/C16H17FN2O3/c1-9-10(2)18-13-11(9)4-3-5-12(13)14(20)19-7-6-16(17,8-19)15(21)22/h3-5,18H,6-8H2,1-2H3,(H,21,22). The molecule has 5 nitrogen and oxygen atoms in total. The molecule has 0 saturated carbocycles. The maximum Gasteiger partial charge on any atom is 0.343 e. The van der Waals surface area contributed by atoms with Gasteiger partial charge in [0.2, 0.25) is 5.67 Å². The van der Waals surface area contributed by atoms with Gasteiger partial charge in [0.1, 0.15) is 0 Å². The number of carbonyl (C=O) groups is 2. The maximum atomic E-state index is 14.1. The predicted molar refractivity (Wildman–Crippen MR) is 79.8 cm³/mol. The van der Waals surface area contributed by atoms with Crippen molar-refractivity contribution >= 4 is 22.8 Å². The van der Waals surface area contributed by atoms with Crippen LogP contribution in [0, 0.1) is 13.8 Å². The number of halogens is 1. The van der Waals surface area contributed by atoms with E-state index in [2.05, 4.69) is 4.98 Å². The van der Waals surface area contributed by atoms with Gasteiger partial charge in [-0.05, 0) is 25.5 Å². The Morgan fingerprint density at radius 2 is 2.09 bits per heavy atom. The summed E-state index contributed by atoms with van der Waals surface area (Å²) in [6.45, 7) is 3.60. The van der Waals surface area contributed by atoms with Gasteiger partial charge < -0.3 is 15.0 Å². The molecule has 2 aromatic rings. The number of aliphatic carboxylic acids is 1. The molecular weight excluding hydrogens is 287 g/mol. The molecule has 6 heteroatoms. The van der Waals surface area contributed by atoms with E-state index in [-0.39, 0.29) is 18.9 Å². The summed E-state index contributed by atoms with van der Waals surface area (Å²) >= 11 is 0. The van der Waals surface area contributed by atoms with Gasteiger partial charge in [0.15, 0.2) is 0 Å². The molecule has 0 bridgehead atoms. The normalized spacial score (nSPS) is 21.5. The second kappa shape index (κ2) is 4.83. The molecule has 1 aliphatic rings. The zero-order chi connectivity index (χ0) is 16.1. The van der Waals surface area contributed by atoms with Crippen LogP contribution in [0.3, 0.4) is 0 Å². The molecule has 0 spiro atoms. The monoisotopic (exact) mass is 304 g/mol. The van der Waals surface area contributed by atoms with E-state index in [1.807, 2.05) is 19.9 Å².